The van der Waals surface area contributed by atoms with E-state index in [1.54, 1.807) is 48.5 Å². The molecule has 36 heavy (non-hydrogen) atoms. The summed E-state index contributed by atoms with van der Waals surface area (Å²) in [7, 11) is 9.23. The Hall–Kier alpha value is -4.33. The fourth-order valence-corrected chi connectivity index (χ4v) is 4.23. The highest BCUT2D eigenvalue weighted by atomic mass is 16.5. The molecule has 0 bridgehead atoms. The van der Waals surface area contributed by atoms with Crippen molar-refractivity contribution in [3.05, 3.63) is 70.8 Å². The van der Waals surface area contributed by atoms with Crippen molar-refractivity contribution in [2.24, 2.45) is 0 Å². The van der Waals surface area contributed by atoms with E-state index >= 15 is 0 Å². The third-order valence-corrected chi connectivity index (χ3v) is 5.92. The van der Waals surface area contributed by atoms with Gasteiger partial charge in [-0.3, -0.25) is 4.79 Å². The highest BCUT2D eigenvalue weighted by molar-refractivity contribution is 6.14. The van der Waals surface area contributed by atoms with Gasteiger partial charge >= 0.3 is 0 Å². The van der Waals surface area contributed by atoms with Gasteiger partial charge in [-0.2, -0.15) is 0 Å². The van der Waals surface area contributed by atoms with Gasteiger partial charge in [0.15, 0.2) is 34.9 Å². The molecule has 0 fully saturated rings. The zero-order chi connectivity index (χ0) is 25.8. The Morgan fingerprint density at radius 3 is 1.69 bits per heavy atom. The van der Waals surface area contributed by atoms with E-state index in [2.05, 4.69) is 0 Å². The summed E-state index contributed by atoms with van der Waals surface area (Å²) < 4.78 is 39.3. The topological polar surface area (TPSA) is 81.7 Å². The van der Waals surface area contributed by atoms with Crippen LogP contribution >= 0.6 is 0 Å². The van der Waals surface area contributed by atoms with Crippen LogP contribution in [0.3, 0.4) is 0 Å². The maximum atomic E-state index is 13.7. The van der Waals surface area contributed by atoms with E-state index in [0.29, 0.717) is 62.5 Å². The maximum absolute atomic E-state index is 13.7. The average molecular weight is 493 g/mol. The molecule has 1 aliphatic heterocycles. The first-order valence-electron chi connectivity index (χ1n) is 11.1. The van der Waals surface area contributed by atoms with E-state index in [9.17, 15) is 4.79 Å². The van der Waals surface area contributed by atoms with Gasteiger partial charge in [0, 0.05) is 11.1 Å². The number of benzene rings is 3. The monoisotopic (exact) mass is 492 g/mol. The van der Waals surface area contributed by atoms with Gasteiger partial charge in [-0.25, -0.2) is 0 Å². The molecule has 0 amide bonds. The minimum Gasteiger partial charge on any atom is -0.493 e. The van der Waals surface area contributed by atoms with Crippen LogP contribution in [0.4, 0.5) is 0 Å². The second kappa shape index (κ2) is 10.5. The summed E-state index contributed by atoms with van der Waals surface area (Å²) in [4.78, 5) is 13.7. The predicted molar refractivity (Wildman–Crippen MR) is 134 cm³/mol. The maximum Gasteiger partial charge on any atom is 0.203 e. The Balaban J connectivity index is 1.93. The Labute approximate surface area is 209 Å². The number of ketones is 1. The van der Waals surface area contributed by atoms with Crippen molar-refractivity contribution in [1.82, 2.24) is 0 Å². The molecule has 0 N–H and O–H groups in total. The molecule has 1 heterocycles. The van der Waals surface area contributed by atoms with Crippen molar-refractivity contribution >= 4 is 11.9 Å². The van der Waals surface area contributed by atoms with Gasteiger partial charge in [0.1, 0.15) is 5.75 Å². The largest absolute Gasteiger partial charge is 0.493 e. The molecule has 1 aliphatic rings. The van der Waals surface area contributed by atoms with Gasteiger partial charge in [-0.1, -0.05) is 12.1 Å². The number of ether oxygens (including phenoxy) is 7. The number of fused-ring (bicyclic) bond motifs is 1. The van der Waals surface area contributed by atoms with Crippen LogP contribution in [-0.4, -0.2) is 48.4 Å². The smallest absolute Gasteiger partial charge is 0.203 e. The molecule has 0 aromatic heterocycles. The molecule has 0 aliphatic carbocycles. The van der Waals surface area contributed by atoms with Gasteiger partial charge in [0.05, 0.1) is 48.2 Å². The number of methoxy groups -OCH3 is 6. The third kappa shape index (κ3) is 4.37. The number of hydrogen-bond donors (Lipinski definition) is 0. The lowest BCUT2D eigenvalue weighted by molar-refractivity contribution is 0.0963. The molecule has 3 aromatic rings. The van der Waals surface area contributed by atoms with Crippen LogP contribution in [0.25, 0.3) is 6.08 Å². The molecule has 3 aromatic carbocycles. The number of rotatable bonds is 8. The molecule has 0 saturated carbocycles. The van der Waals surface area contributed by atoms with Crippen LogP contribution in [0, 0.1) is 0 Å². The van der Waals surface area contributed by atoms with Crippen LogP contribution in [0.5, 0.6) is 40.2 Å². The van der Waals surface area contributed by atoms with Crippen molar-refractivity contribution in [3.8, 4) is 40.2 Å². The minimum atomic E-state index is -0.750. The van der Waals surface area contributed by atoms with Gasteiger partial charge in [-0.05, 0) is 48.0 Å². The van der Waals surface area contributed by atoms with Gasteiger partial charge in [0.25, 0.3) is 0 Å². The first-order valence-corrected chi connectivity index (χ1v) is 11.1. The van der Waals surface area contributed by atoms with Gasteiger partial charge in [0.2, 0.25) is 11.5 Å². The van der Waals surface area contributed by atoms with E-state index in [-0.39, 0.29) is 5.78 Å². The molecule has 0 saturated heterocycles. The highest BCUT2D eigenvalue weighted by Crippen LogP contribution is 2.46. The number of carbonyl (C=O) groups excluding carboxylic acids is 1. The van der Waals surface area contributed by atoms with Crippen molar-refractivity contribution < 1.29 is 38.0 Å². The summed E-state index contributed by atoms with van der Waals surface area (Å²) >= 11 is 0. The minimum absolute atomic E-state index is 0.163. The van der Waals surface area contributed by atoms with Crippen molar-refractivity contribution in [3.63, 3.8) is 0 Å². The van der Waals surface area contributed by atoms with E-state index < -0.39 is 6.10 Å². The molecule has 1 unspecified atom stereocenters. The summed E-state index contributed by atoms with van der Waals surface area (Å²) in [5.41, 5.74) is 2.22. The Morgan fingerprint density at radius 2 is 1.19 bits per heavy atom. The molecule has 188 valence electrons. The Bertz CT molecular complexity index is 1260. The molecule has 1 atom stereocenters. The normalized spacial score (nSPS) is 15.6. The quantitative estimate of drug-likeness (QED) is 0.400. The van der Waals surface area contributed by atoms with Crippen LogP contribution in [0.1, 0.15) is 27.6 Å². The molecular weight excluding hydrogens is 464 g/mol. The molecule has 8 heteroatoms. The fourth-order valence-electron chi connectivity index (χ4n) is 4.23. The zero-order valence-electron chi connectivity index (χ0n) is 21.0. The van der Waals surface area contributed by atoms with E-state index in [1.165, 1.54) is 42.7 Å². The van der Waals surface area contributed by atoms with E-state index in [0.717, 1.165) is 0 Å². The number of Topliss-reactive ketones (excluding diaryl/α,β-unsaturated/α-hetero) is 1. The van der Waals surface area contributed by atoms with Gasteiger partial charge in [-0.15, -0.1) is 0 Å². The molecule has 8 nitrogen and oxygen atoms in total. The molecule has 4 rings (SSSR count). The Morgan fingerprint density at radius 1 is 0.694 bits per heavy atom. The molecule has 0 radical (unpaired) electrons. The van der Waals surface area contributed by atoms with E-state index in [4.69, 9.17) is 33.2 Å². The van der Waals surface area contributed by atoms with Gasteiger partial charge < -0.3 is 33.2 Å². The summed E-state index contributed by atoms with van der Waals surface area (Å²) in [6.07, 6.45) is 1.01. The first-order chi connectivity index (χ1) is 17.5. The lowest BCUT2D eigenvalue weighted by atomic mass is 9.89. The van der Waals surface area contributed by atoms with E-state index in [1.807, 2.05) is 6.07 Å². The van der Waals surface area contributed by atoms with Crippen LogP contribution < -0.4 is 33.2 Å². The SMILES string of the molecule is COc1cc(/C=C2\C(=O)c3ccccc3OC2c2cc(OC)c(OC)c(OC)c2)cc(OC)c1OC. The summed E-state index contributed by atoms with van der Waals surface area (Å²) in [5.74, 6) is 3.08. The number of carbonyl (C=O) groups is 1. The number of para-hydroxylation sites is 1. The summed E-state index contributed by atoms with van der Waals surface area (Å²) in [6.45, 7) is 0. The lowest BCUT2D eigenvalue weighted by Gasteiger charge is -2.29. The fraction of sp³-hybridized carbons (Fsp3) is 0.250. The summed E-state index contributed by atoms with van der Waals surface area (Å²) in [6, 6.07) is 14.2. The van der Waals surface area contributed by atoms with Crippen molar-refractivity contribution in [2.45, 2.75) is 6.10 Å². The third-order valence-electron chi connectivity index (χ3n) is 5.92. The van der Waals surface area contributed by atoms with Crippen LogP contribution in [0.2, 0.25) is 0 Å². The second-order valence-electron chi connectivity index (χ2n) is 7.84. The van der Waals surface area contributed by atoms with Crippen molar-refractivity contribution in [2.75, 3.05) is 42.7 Å². The zero-order valence-corrected chi connectivity index (χ0v) is 21.0. The van der Waals surface area contributed by atoms with Crippen LogP contribution in [0.15, 0.2) is 54.1 Å². The standard InChI is InChI=1S/C28H28O8/c1-30-21-12-16(13-22(31-2)27(21)34-5)11-19-25(29)18-9-7-8-10-20(18)36-26(19)17-14-23(32-3)28(35-6)24(15-17)33-4/h7-15,26H,1-6H3/b19-11+. The molecule has 0 spiro atoms. The predicted octanol–water partition coefficient (Wildman–Crippen LogP) is 5.14. The van der Waals surface area contributed by atoms with Crippen LogP contribution in [-0.2, 0) is 0 Å². The highest BCUT2D eigenvalue weighted by Gasteiger charge is 2.34. The number of hydrogen-bond acceptors (Lipinski definition) is 8. The molecular formula is C28H28O8. The Kier molecular flexibility index (Phi) is 7.24. The summed E-state index contributed by atoms with van der Waals surface area (Å²) in [5, 5.41) is 0. The van der Waals surface area contributed by atoms with Crippen molar-refractivity contribution in [1.29, 1.82) is 0 Å². The average Bonchev–Trinajstić information content (AvgIpc) is 2.92. The second-order valence-corrected chi connectivity index (χ2v) is 7.84. The lowest BCUT2D eigenvalue weighted by Crippen LogP contribution is -2.24. The first kappa shape index (κ1) is 24.8.